The van der Waals surface area contributed by atoms with Gasteiger partial charge >= 0.3 is 0 Å². The van der Waals surface area contributed by atoms with Crippen molar-refractivity contribution in [3.05, 3.63) is 106 Å². The van der Waals surface area contributed by atoms with Crippen LogP contribution in [0.3, 0.4) is 0 Å². The molecule has 0 aromatic heterocycles. The van der Waals surface area contributed by atoms with Crippen molar-refractivity contribution in [3.8, 4) is 0 Å². The number of rotatable bonds is 8. The van der Waals surface area contributed by atoms with Crippen LogP contribution in [0.5, 0.6) is 0 Å². The summed E-state index contributed by atoms with van der Waals surface area (Å²) >= 11 is 6.03. The van der Waals surface area contributed by atoms with Crippen molar-refractivity contribution in [2.45, 2.75) is 58.7 Å². The largest absolute Gasteiger partial charge is 0.350 e. The van der Waals surface area contributed by atoms with E-state index < -0.39 is 11.6 Å². The molecule has 0 saturated carbocycles. The first-order valence-corrected chi connectivity index (χ1v) is 11.9. The van der Waals surface area contributed by atoms with Gasteiger partial charge in [-0.1, -0.05) is 83.9 Å². The maximum Gasteiger partial charge on any atom is 0.243 e. The van der Waals surface area contributed by atoms with Gasteiger partial charge in [0.1, 0.15) is 6.04 Å². The molecular weight excluding hydrogens is 444 g/mol. The zero-order chi connectivity index (χ0) is 24.7. The molecule has 3 rings (SSSR count). The molecule has 3 aromatic rings. The van der Waals surface area contributed by atoms with E-state index in [-0.39, 0.29) is 18.2 Å². The van der Waals surface area contributed by atoms with Gasteiger partial charge in [-0.25, -0.2) is 0 Å². The Morgan fingerprint density at radius 3 is 2.03 bits per heavy atom. The highest BCUT2D eigenvalue weighted by Gasteiger charge is 2.32. The van der Waals surface area contributed by atoms with Crippen LogP contribution in [0.2, 0.25) is 5.02 Å². The fourth-order valence-electron chi connectivity index (χ4n) is 3.78. The number of nitrogens with one attached hydrogen (secondary N) is 1. The van der Waals surface area contributed by atoms with Crippen LogP contribution in [0, 0.1) is 6.92 Å². The minimum absolute atomic E-state index is 0.104. The summed E-state index contributed by atoms with van der Waals surface area (Å²) in [6.45, 7) is 8.23. The van der Waals surface area contributed by atoms with Crippen molar-refractivity contribution in [3.63, 3.8) is 0 Å². The number of aryl methyl sites for hydroxylation is 1. The van der Waals surface area contributed by atoms with Gasteiger partial charge < -0.3 is 10.2 Å². The molecule has 0 bridgehead atoms. The zero-order valence-corrected chi connectivity index (χ0v) is 21.1. The Hall–Kier alpha value is -3.11. The van der Waals surface area contributed by atoms with Crippen LogP contribution < -0.4 is 5.32 Å². The summed E-state index contributed by atoms with van der Waals surface area (Å²) in [5, 5.41) is 3.72. The van der Waals surface area contributed by atoms with Crippen LogP contribution in [-0.2, 0) is 29.0 Å². The quantitative estimate of drug-likeness (QED) is 0.450. The van der Waals surface area contributed by atoms with Gasteiger partial charge in [-0.05, 0) is 56.5 Å². The number of benzene rings is 3. The number of amides is 2. The molecule has 0 fully saturated rings. The molecule has 3 aromatic carbocycles. The fourth-order valence-corrected chi connectivity index (χ4v) is 3.90. The molecular formula is C29H33ClN2O2. The number of hydrogen-bond acceptors (Lipinski definition) is 2. The Bertz CT molecular complexity index is 1090. The van der Waals surface area contributed by atoms with Gasteiger partial charge in [-0.2, -0.15) is 0 Å². The first-order valence-electron chi connectivity index (χ1n) is 11.6. The maximum absolute atomic E-state index is 13.7. The molecule has 0 heterocycles. The Balaban J connectivity index is 1.97. The van der Waals surface area contributed by atoms with Gasteiger partial charge in [0.05, 0.1) is 6.42 Å². The third-order valence-electron chi connectivity index (χ3n) is 5.51. The number of carbonyl (C=O) groups is 2. The molecule has 0 radical (unpaired) electrons. The highest BCUT2D eigenvalue weighted by atomic mass is 35.5. The van der Waals surface area contributed by atoms with Crippen molar-refractivity contribution in [1.82, 2.24) is 10.2 Å². The predicted molar refractivity (Wildman–Crippen MR) is 139 cm³/mol. The summed E-state index contributed by atoms with van der Waals surface area (Å²) in [6.07, 6.45) is 0.623. The molecule has 178 valence electrons. The van der Waals surface area contributed by atoms with E-state index in [4.69, 9.17) is 11.6 Å². The molecule has 1 unspecified atom stereocenters. The van der Waals surface area contributed by atoms with Gasteiger partial charge in [-0.15, -0.1) is 0 Å². The lowest BCUT2D eigenvalue weighted by Crippen LogP contribution is -2.54. The summed E-state index contributed by atoms with van der Waals surface area (Å²) in [5.74, 6) is -0.263. The molecule has 0 saturated heterocycles. The first kappa shape index (κ1) is 25.5. The van der Waals surface area contributed by atoms with Crippen LogP contribution in [0.4, 0.5) is 0 Å². The Kier molecular flexibility index (Phi) is 8.51. The van der Waals surface area contributed by atoms with Gasteiger partial charge in [0.2, 0.25) is 11.8 Å². The molecule has 0 aliphatic heterocycles. The second-order valence-corrected chi connectivity index (χ2v) is 10.2. The molecule has 5 heteroatoms. The number of carbonyl (C=O) groups excluding carboxylic acids is 2. The fraction of sp³-hybridized carbons (Fsp3) is 0.310. The van der Waals surface area contributed by atoms with Crippen molar-refractivity contribution in [1.29, 1.82) is 0 Å². The summed E-state index contributed by atoms with van der Waals surface area (Å²) < 4.78 is 0. The normalized spacial score (nSPS) is 12.1. The van der Waals surface area contributed by atoms with Crippen LogP contribution in [-0.4, -0.2) is 28.3 Å². The smallest absolute Gasteiger partial charge is 0.243 e. The minimum Gasteiger partial charge on any atom is -0.350 e. The van der Waals surface area contributed by atoms with E-state index in [0.29, 0.717) is 18.0 Å². The average molecular weight is 477 g/mol. The molecule has 34 heavy (non-hydrogen) atoms. The highest BCUT2D eigenvalue weighted by molar-refractivity contribution is 6.30. The maximum atomic E-state index is 13.7. The lowest BCUT2D eigenvalue weighted by atomic mass is 9.99. The third-order valence-corrected chi connectivity index (χ3v) is 5.76. The van der Waals surface area contributed by atoms with Crippen molar-refractivity contribution >= 4 is 23.4 Å². The van der Waals surface area contributed by atoms with E-state index in [2.05, 4.69) is 5.32 Å². The molecule has 4 nitrogen and oxygen atoms in total. The van der Waals surface area contributed by atoms with E-state index in [9.17, 15) is 9.59 Å². The highest BCUT2D eigenvalue weighted by Crippen LogP contribution is 2.19. The predicted octanol–water partition coefficient (Wildman–Crippen LogP) is 5.75. The van der Waals surface area contributed by atoms with Crippen LogP contribution >= 0.6 is 11.6 Å². The van der Waals surface area contributed by atoms with E-state index in [0.717, 1.165) is 22.3 Å². The van der Waals surface area contributed by atoms with E-state index in [1.54, 1.807) is 17.0 Å². The van der Waals surface area contributed by atoms with Gasteiger partial charge in [0.25, 0.3) is 0 Å². The first-order chi connectivity index (χ1) is 16.1. The summed E-state index contributed by atoms with van der Waals surface area (Å²) in [5.41, 5.74) is 3.58. The Morgan fingerprint density at radius 2 is 1.44 bits per heavy atom. The van der Waals surface area contributed by atoms with Crippen molar-refractivity contribution in [2.24, 2.45) is 0 Å². The van der Waals surface area contributed by atoms with Crippen LogP contribution in [0.15, 0.2) is 78.9 Å². The monoisotopic (exact) mass is 476 g/mol. The van der Waals surface area contributed by atoms with Gasteiger partial charge in [0.15, 0.2) is 0 Å². The molecule has 1 N–H and O–H groups in total. The van der Waals surface area contributed by atoms with Crippen LogP contribution in [0.25, 0.3) is 0 Å². The summed E-state index contributed by atoms with van der Waals surface area (Å²) in [7, 11) is 0. The summed E-state index contributed by atoms with van der Waals surface area (Å²) in [4.78, 5) is 28.9. The zero-order valence-electron chi connectivity index (χ0n) is 20.3. The second-order valence-electron chi connectivity index (χ2n) is 9.76. The topological polar surface area (TPSA) is 49.4 Å². The van der Waals surface area contributed by atoms with E-state index >= 15 is 0 Å². The number of nitrogens with zero attached hydrogens (tertiary/aromatic N) is 1. The molecule has 2 amide bonds. The molecule has 0 aliphatic carbocycles. The van der Waals surface area contributed by atoms with E-state index in [1.807, 2.05) is 94.4 Å². The lowest BCUT2D eigenvalue weighted by Gasteiger charge is -2.34. The number of halogens is 1. The third kappa shape index (κ3) is 7.74. The number of hydrogen-bond donors (Lipinski definition) is 1. The average Bonchev–Trinajstić information content (AvgIpc) is 2.78. The Morgan fingerprint density at radius 1 is 0.853 bits per heavy atom. The molecule has 1 atom stereocenters. The minimum atomic E-state index is -0.650. The SMILES string of the molecule is Cc1ccc(CN(C(=O)Cc2ccc(Cl)cc2)C(Cc2ccccc2)C(=O)NC(C)(C)C)cc1. The standard InChI is InChI=1S/C29H33ClN2O2/c1-21-10-12-24(13-11-21)20-32(27(33)19-23-14-16-25(30)17-15-23)26(28(34)31-29(2,3)4)18-22-8-6-5-7-9-22/h5-17,26H,18-20H2,1-4H3,(H,31,34). The van der Waals surface area contributed by atoms with Gasteiger partial charge in [0, 0.05) is 23.5 Å². The van der Waals surface area contributed by atoms with Gasteiger partial charge in [-0.3, -0.25) is 9.59 Å². The van der Waals surface area contributed by atoms with Crippen molar-refractivity contribution < 1.29 is 9.59 Å². The summed E-state index contributed by atoms with van der Waals surface area (Å²) in [6, 6.07) is 24.5. The van der Waals surface area contributed by atoms with E-state index in [1.165, 1.54) is 0 Å². The Labute approximate surface area is 207 Å². The second kappa shape index (κ2) is 11.3. The molecule has 0 spiro atoms. The van der Waals surface area contributed by atoms with Crippen LogP contribution in [0.1, 0.15) is 43.0 Å². The lowest BCUT2D eigenvalue weighted by molar-refractivity contribution is -0.141. The molecule has 0 aliphatic rings. The van der Waals surface area contributed by atoms with Crippen molar-refractivity contribution in [2.75, 3.05) is 0 Å².